The number of carbonyl (C=O) groups is 2. The Morgan fingerprint density at radius 3 is 2.62 bits per heavy atom. The Bertz CT molecular complexity index is 751. The molecule has 1 heterocycles. The van der Waals surface area contributed by atoms with Gasteiger partial charge >= 0.3 is 10.8 Å². The molecule has 24 heavy (non-hydrogen) atoms. The van der Waals surface area contributed by atoms with Crippen LogP contribution in [0.5, 0.6) is 0 Å². The maximum Gasteiger partial charge on any atom is 0.308 e. The van der Waals surface area contributed by atoms with E-state index in [4.69, 9.17) is 4.74 Å². The minimum absolute atomic E-state index is 0.0494. The van der Waals surface area contributed by atoms with Gasteiger partial charge in [-0.15, -0.1) is 0 Å². The minimum Gasteiger partial charge on any atom is -0.452 e. The molecule has 1 N–H and O–H groups in total. The molecule has 0 aliphatic heterocycles. The summed E-state index contributed by atoms with van der Waals surface area (Å²) in [5.41, 5.74) is 1.78. The zero-order valence-corrected chi connectivity index (χ0v) is 14.5. The predicted octanol–water partition coefficient (Wildman–Crippen LogP) is 1.86. The summed E-state index contributed by atoms with van der Waals surface area (Å²) >= 11 is 1.10. The first-order valence-electron chi connectivity index (χ1n) is 7.63. The molecule has 6 nitrogen and oxygen atoms in total. The standard InChI is InChI=1S/C17H20N2O4S/c1-12-11-24-17(22)19(12)9-8-15(20)23-13(2)16(21)18-10-14-6-4-3-5-7-14/h3-7,11,13H,8-10H2,1-2H3,(H,18,21)/t13-/m0/s1. The van der Waals surface area contributed by atoms with Crippen molar-refractivity contribution < 1.29 is 14.3 Å². The molecule has 1 atom stereocenters. The van der Waals surface area contributed by atoms with E-state index in [1.807, 2.05) is 37.3 Å². The van der Waals surface area contributed by atoms with Crippen molar-refractivity contribution in [1.29, 1.82) is 0 Å². The highest BCUT2D eigenvalue weighted by Crippen LogP contribution is 2.03. The van der Waals surface area contributed by atoms with E-state index in [1.54, 1.807) is 5.38 Å². The summed E-state index contributed by atoms with van der Waals surface area (Å²) in [5.74, 6) is -0.856. The lowest BCUT2D eigenvalue weighted by atomic mass is 10.2. The molecule has 2 aromatic rings. The van der Waals surface area contributed by atoms with E-state index >= 15 is 0 Å². The lowest BCUT2D eigenvalue weighted by molar-refractivity contribution is -0.155. The minimum atomic E-state index is -0.874. The largest absolute Gasteiger partial charge is 0.452 e. The van der Waals surface area contributed by atoms with Crippen LogP contribution in [-0.2, 0) is 27.4 Å². The van der Waals surface area contributed by atoms with Crippen LogP contribution in [0.1, 0.15) is 24.6 Å². The molecule has 2 rings (SSSR count). The summed E-state index contributed by atoms with van der Waals surface area (Å²) in [6.45, 7) is 3.97. The lowest BCUT2D eigenvalue weighted by Crippen LogP contribution is -2.35. The van der Waals surface area contributed by atoms with Gasteiger partial charge in [-0.3, -0.25) is 14.4 Å². The number of hydrogen-bond acceptors (Lipinski definition) is 5. The Balaban J connectivity index is 1.76. The van der Waals surface area contributed by atoms with Crippen LogP contribution in [-0.4, -0.2) is 22.5 Å². The monoisotopic (exact) mass is 348 g/mol. The third-order valence-electron chi connectivity index (χ3n) is 3.50. The fraction of sp³-hybridized carbons (Fsp3) is 0.353. The Labute approximate surface area is 144 Å². The molecular weight excluding hydrogens is 328 g/mol. The van der Waals surface area contributed by atoms with E-state index < -0.39 is 12.1 Å². The summed E-state index contributed by atoms with van der Waals surface area (Å²) in [6, 6.07) is 9.48. The summed E-state index contributed by atoms with van der Waals surface area (Å²) in [4.78, 5) is 35.3. The number of esters is 1. The SMILES string of the molecule is Cc1csc(=O)n1CCC(=O)O[C@@H](C)C(=O)NCc1ccccc1. The van der Waals surface area contributed by atoms with E-state index in [2.05, 4.69) is 5.32 Å². The zero-order chi connectivity index (χ0) is 17.5. The molecule has 0 saturated carbocycles. The van der Waals surface area contributed by atoms with Crippen LogP contribution < -0.4 is 10.2 Å². The van der Waals surface area contributed by atoms with Gasteiger partial charge < -0.3 is 14.6 Å². The van der Waals surface area contributed by atoms with E-state index in [0.29, 0.717) is 6.54 Å². The molecule has 0 unspecified atom stereocenters. The van der Waals surface area contributed by atoms with Crippen LogP contribution in [0, 0.1) is 6.92 Å². The van der Waals surface area contributed by atoms with Crippen LogP contribution in [0.4, 0.5) is 0 Å². The zero-order valence-electron chi connectivity index (χ0n) is 13.7. The van der Waals surface area contributed by atoms with Gasteiger partial charge in [-0.25, -0.2) is 0 Å². The molecule has 0 fully saturated rings. The predicted molar refractivity (Wildman–Crippen MR) is 91.8 cm³/mol. The number of carbonyl (C=O) groups excluding carboxylic acids is 2. The number of hydrogen-bond donors (Lipinski definition) is 1. The fourth-order valence-electron chi connectivity index (χ4n) is 2.12. The summed E-state index contributed by atoms with van der Waals surface area (Å²) in [6.07, 6.45) is -0.824. The Morgan fingerprint density at radius 2 is 2.00 bits per heavy atom. The van der Waals surface area contributed by atoms with Crippen LogP contribution in [0.2, 0.25) is 0 Å². The van der Waals surface area contributed by atoms with Crippen molar-refractivity contribution in [3.05, 3.63) is 56.6 Å². The maximum atomic E-state index is 12.0. The van der Waals surface area contributed by atoms with E-state index in [-0.39, 0.29) is 23.7 Å². The smallest absolute Gasteiger partial charge is 0.308 e. The molecule has 7 heteroatoms. The first-order chi connectivity index (χ1) is 11.5. The van der Waals surface area contributed by atoms with Gasteiger partial charge in [0.05, 0.1) is 6.42 Å². The topological polar surface area (TPSA) is 77.4 Å². The first kappa shape index (κ1) is 17.9. The second kappa shape index (κ2) is 8.44. The van der Waals surface area contributed by atoms with Crippen molar-refractivity contribution in [3.8, 4) is 0 Å². The number of aromatic nitrogens is 1. The molecule has 0 bridgehead atoms. The van der Waals surface area contributed by atoms with Crippen molar-refractivity contribution >= 4 is 23.2 Å². The molecule has 0 aliphatic rings. The molecule has 1 aromatic heterocycles. The van der Waals surface area contributed by atoms with Crippen molar-refractivity contribution in [2.75, 3.05) is 0 Å². The van der Waals surface area contributed by atoms with Crippen molar-refractivity contribution in [2.45, 2.75) is 39.5 Å². The van der Waals surface area contributed by atoms with E-state index in [1.165, 1.54) is 11.5 Å². The number of ether oxygens (including phenoxy) is 1. The van der Waals surface area contributed by atoms with Gasteiger partial charge in [-0.05, 0) is 19.4 Å². The molecule has 128 valence electrons. The van der Waals surface area contributed by atoms with Crippen LogP contribution >= 0.6 is 11.3 Å². The van der Waals surface area contributed by atoms with Gasteiger partial charge in [0, 0.05) is 24.2 Å². The van der Waals surface area contributed by atoms with Gasteiger partial charge in [0.1, 0.15) is 0 Å². The maximum absolute atomic E-state index is 12.0. The highest BCUT2D eigenvalue weighted by molar-refractivity contribution is 7.07. The Morgan fingerprint density at radius 1 is 1.29 bits per heavy atom. The van der Waals surface area contributed by atoms with Crippen molar-refractivity contribution in [1.82, 2.24) is 9.88 Å². The number of amides is 1. The normalized spacial score (nSPS) is 11.8. The van der Waals surface area contributed by atoms with E-state index in [9.17, 15) is 14.4 Å². The number of nitrogens with one attached hydrogen (secondary N) is 1. The second-order valence-corrected chi connectivity index (χ2v) is 6.20. The highest BCUT2D eigenvalue weighted by Gasteiger charge is 2.17. The first-order valence-corrected chi connectivity index (χ1v) is 8.51. The van der Waals surface area contributed by atoms with Crippen molar-refractivity contribution in [2.24, 2.45) is 0 Å². The summed E-state index contributed by atoms with van der Waals surface area (Å²) in [7, 11) is 0. The Kier molecular flexibility index (Phi) is 6.31. The number of benzene rings is 1. The highest BCUT2D eigenvalue weighted by atomic mass is 32.1. The van der Waals surface area contributed by atoms with Gasteiger partial charge in [0.15, 0.2) is 6.10 Å². The molecular formula is C17H20N2O4S. The number of thiazole rings is 1. The summed E-state index contributed by atoms with van der Waals surface area (Å²) < 4.78 is 6.64. The molecule has 1 aromatic carbocycles. The number of aryl methyl sites for hydroxylation is 1. The van der Waals surface area contributed by atoms with Gasteiger partial charge in [0.25, 0.3) is 5.91 Å². The molecule has 0 saturated heterocycles. The van der Waals surface area contributed by atoms with Gasteiger partial charge in [-0.2, -0.15) is 0 Å². The summed E-state index contributed by atoms with van der Waals surface area (Å²) in [5, 5.41) is 4.47. The number of rotatable bonds is 7. The average molecular weight is 348 g/mol. The van der Waals surface area contributed by atoms with Crippen LogP contribution in [0.15, 0.2) is 40.5 Å². The van der Waals surface area contributed by atoms with Crippen LogP contribution in [0.25, 0.3) is 0 Å². The quantitative estimate of drug-likeness (QED) is 0.775. The Hall–Kier alpha value is -2.41. The third-order valence-corrected chi connectivity index (χ3v) is 4.38. The molecule has 0 aliphatic carbocycles. The second-order valence-electron chi connectivity index (χ2n) is 5.38. The number of nitrogens with zero attached hydrogens (tertiary/aromatic N) is 1. The lowest BCUT2D eigenvalue weighted by Gasteiger charge is -2.14. The molecule has 0 radical (unpaired) electrons. The van der Waals surface area contributed by atoms with Gasteiger partial charge in [-0.1, -0.05) is 41.7 Å². The van der Waals surface area contributed by atoms with E-state index in [0.717, 1.165) is 22.6 Å². The molecule has 1 amide bonds. The van der Waals surface area contributed by atoms with Gasteiger partial charge in [0.2, 0.25) is 0 Å². The fourth-order valence-corrected chi connectivity index (χ4v) is 2.88. The van der Waals surface area contributed by atoms with Crippen LogP contribution in [0.3, 0.4) is 0 Å². The third kappa shape index (κ3) is 5.06. The average Bonchev–Trinajstić information content (AvgIpc) is 2.90. The molecule has 0 spiro atoms. The van der Waals surface area contributed by atoms with Crippen molar-refractivity contribution in [3.63, 3.8) is 0 Å².